The van der Waals surface area contributed by atoms with Crippen molar-refractivity contribution in [3.05, 3.63) is 51.8 Å². The van der Waals surface area contributed by atoms with Crippen LogP contribution in [0, 0.1) is 5.41 Å². The fourth-order valence-corrected chi connectivity index (χ4v) is 3.68. The van der Waals surface area contributed by atoms with Gasteiger partial charge in [0.15, 0.2) is 0 Å². The Morgan fingerprint density at radius 2 is 1.64 bits per heavy atom. The molecule has 2 aromatic rings. The highest BCUT2D eigenvalue weighted by Gasteiger charge is 2.28. The van der Waals surface area contributed by atoms with E-state index in [1.807, 2.05) is 39.8 Å². The number of aryl methyl sites for hydroxylation is 1. The molecule has 0 aliphatic heterocycles. The van der Waals surface area contributed by atoms with Crippen molar-refractivity contribution < 1.29 is 19.1 Å². The van der Waals surface area contributed by atoms with Crippen LogP contribution in [0.4, 0.5) is 4.79 Å². The monoisotopic (exact) mass is 474 g/mol. The molecule has 0 spiro atoms. The first-order chi connectivity index (χ1) is 15.3. The van der Waals surface area contributed by atoms with E-state index < -0.39 is 17.7 Å². The van der Waals surface area contributed by atoms with Crippen molar-refractivity contribution in [3.8, 4) is 11.1 Å². The van der Waals surface area contributed by atoms with Gasteiger partial charge in [0.05, 0.1) is 18.4 Å². The number of pyridine rings is 1. The van der Waals surface area contributed by atoms with Gasteiger partial charge in [-0.3, -0.25) is 4.98 Å². The Kier molecular flexibility index (Phi) is 8.52. The second-order valence-corrected chi connectivity index (χ2v) is 10.6. The largest absolute Gasteiger partial charge is 0.465 e. The maximum Gasteiger partial charge on any atom is 0.407 e. The molecule has 0 saturated carbocycles. The zero-order valence-electron chi connectivity index (χ0n) is 20.9. The molecule has 1 heterocycles. The van der Waals surface area contributed by atoms with Crippen molar-refractivity contribution in [2.75, 3.05) is 7.11 Å². The van der Waals surface area contributed by atoms with Gasteiger partial charge in [-0.25, -0.2) is 9.59 Å². The Hall–Kier alpha value is -2.60. The number of amides is 1. The summed E-state index contributed by atoms with van der Waals surface area (Å²) in [5.41, 5.74) is 3.45. The van der Waals surface area contributed by atoms with E-state index in [2.05, 4.69) is 26.1 Å². The molecule has 0 fully saturated rings. The highest BCUT2D eigenvalue weighted by atomic mass is 35.5. The molecule has 0 saturated heterocycles. The molecular formula is C26H35ClN2O4. The molecule has 0 bridgehead atoms. The number of carbonyl (C=O) groups excluding carboxylic acids is 2. The van der Waals surface area contributed by atoms with Crippen molar-refractivity contribution in [3.63, 3.8) is 0 Å². The van der Waals surface area contributed by atoms with E-state index in [1.165, 1.54) is 7.11 Å². The van der Waals surface area contributed by atoms with Gasteiger partial charge in [0.2, 0.25) is 0 Å². The number of hydrogen-bond donors (Lipinski definition) is 1. The van der Waals surface area contributed by atoms with Gasteiger partial charge in [0.1, 0.15) is 5.60 Å². The second kappa shape index (κ2) is 10.6. The third kappa shape index (κ3) is 7.46. The lowest BCUT2D eigenvalue weighted by molar-refractivity contribution is 0.0523. The standard InChI is InChI=1S/C26H35ClN2O4/c1-9-19-22(23(30)32-8)21(16-10-12-17(27)13-11-16)18(20(29-19)14-25(2,3)4)15-28-24(31)33-26(5,6)7/h10-13H,9,14-15H2,1-8H3,(H,28,31). The molecule has 1 N–H and O–H groups in total. The number of halogens is 1. The van der Waals surface area contributed by atoms with E-state index in [9.17, 15) is 9.59 Å². The lowest BCUT2D eigenvalue weighted by atomic mass is 9.84. The smallest absolute Gasteiger partial charge is 0.407 e. The van der Waals surface area contributed by atoms with Crippen LogP contribution in [0.2, 0.25) is 5.02 Å². The quantitative estimate of drug-likeness (QED) is 0.492. The lowest BCUT2D eigenvalue weighted by Gasteiger charge is -2.25. The van der Waals surface area contributed by atoms with Crippen LogP contribution in [0.3, 0.4) is 0 Å². The van der Waals surface area contributed by atoms with Crippen molar-refractivity contribution in [1.29, 1.82) is 0 Å². The number of methoxy groups -OCH3 is 1. The minimum atomic E-state index is -0.626. The van der Waals surface area contributed by atoms with E-state index in [0.29, 0.717) is 34.7 Å². The number of hydrogen-bond acceptors (Lipinski definition) is 5. The summed E-state index contributed by atoms with van der Waals surface area (Å²) in [6, 6.07) is 7.28. The summed E-state index contributed by atoms with van der Waals surface area (Å²) in [4.78, 5) is 30.3. The molecule has 0 unspecified atom stereocenters. The van der Waals surface area contributed by atoms with Crippen LogP contribution in [0.5, 0.6) is 0 Å². The molecule has 2 rings (SSSR count). The maximum absolute atomic E-state index is 12.9. The van der Waals surface area contributed by atoms with Crippen molar-refractivity contribution in [2.45, 2.75) is 73.5 Å². The van der Waals surface area contributed by atoms with Gasteiger partial charge in [-0.2, -0.15) is 0 Å². The third-order valence-corrected chi connectivity index (χ3v) is 5.07. The molecule has 6 nitrogen and oxygen atoms in total. The van der Waals surface area contributed by atoms with Crippen molar-refractivity contribution in [2.24, 2.45) is 5.41 Å². The van der Waals surface area contributed by atoms with Gasteiger partial charge >= 0.3 is 12.1 Å². The van der Waals surface area contributed by atoms with Gasteiger partial charge in [-0.05, 0) is 56.7 Å². The minimum Gasteiger partial charge on any atom is -0.465 e. The molecule has 1 amide bonds. The Labute approximate surface area is 202 Å². The SMILES string of the molecule is CCc1nc(CC(C)(C)C)c(CNC(=O)OC(C)(C)C)c(-c2ccc(Cl)cc2)c1C(=O)OC. The van der Waals surface area contributed by atoms with E-state index >= 15 is 0 Å². The number of nitrogens with zero attached hydrogens (tertiary/aromatic N) is 1. The van der Waals surface area contributed by atoms with Crippen molar-refractivity contribution >= 4 is 23.7 Å². The fraction of sp³-hybridized carbons (Fsp3) is 0.500. The minimum absolute atomic E-state index is 0.0667. The van der Waals surface area contributed by atoms with E-state index in [1.54, 1.807) is 12.1 Å². The Morgan fingerprint density at radius 3 is 2.12 bits per heavy atom. The Balaban J connectivity index is 2.77. The third-order valence-electron chi connectivity index (χ3n) is 4.82. The first kappa shape index (κ1) is 26.7. The summed E-state index contributed by atoms with van der Waals surface area (Å²) in [6.45, 7) is 13.9. The number of nitrogens with one attached hydrogen (secondary N) is 1. The van der Waals surface area contributed by atoms with Crippen molar-refractivity contribution in [1.82, 2.24) is 10.3 Å². The molecule has 1 aromatic carbocycles. The maximum atomic E-state index is 12.9. The highest BCUT2D eigenvalue weighted by Crippen LogP contribution is 2.35. The normalized spacial score (nSPS) is 11.8. The number of esters is 1. The highest BCUT2D eigenvalue weighted by molar-refractivity contribution is 6.30. The van der Waals surface area contributed by atoms with Crippen LogP contribution >= 0.6 is 11.6 Å². The number of alkyl carbamates (subject to hydrolysis) is 1. The summed E-state index contributed by atoms with van der Waals surface area (Å²) >= 11 is 6.13. The Bertz CT molecular complexity index is 1000. The Morgan fingerprint density at radius 1 is 1.03 bits per heavy atom. The fourth-order valence-electron chi connectivity index (χ4n) is 3.55. The molecule has 0 atom stereocenters. The summed E-state index contributed by atoms with van der Waals surface area (Å²) in [6.07, 6.45) is 0.681. The van der Waals surface area contributed by atoms with Gasteiger partial charge < -0.3 is 14.8 Å². The summed E-state index contributed by atoms with van der Waals surface area (Å²) in [5, 5.41) is 3.43. The van der Waals surface area contributed by atoms with Crippen LogP contribution < -0.4 is 5.32 Å². The summed E-state index contributed by atoms with van der Waals surface area (Å²) in [5.74, 6) is -0.467. The molecule has 0 aliphatic rings. The summed E-state index contributed by atoms with van der Waals surface area (Å²) in [7, 11) is 1.36. The van der Waals surface area contributed by atoms with E-state index in [-0.39, 0.29) is 12.0 Å². The molecule has 0 radical (unpaired) electrons. The van der Waals surface area contributed by atoms with Crippen LogP contribution in [0.15, 0.2) is 24.3 Å². The zero-order chi connectivity index (χ0) is 25.0. The first-order valence-electron chi connectivity index (χ1n) is 11.1. The van der Waals surface area contributed by atoms with Crippen LogP contribution in [-0.4, -0.2) is 29.8 Å². The summed E-state index contributed by atoms with van der Waals surface area (Å²) < 4.78 is 10.6. The van der Waals surface area contributed by atoms with Gasteiger partial charge in [0.25, 0.3) is 0 Å². The lowest BCUT2D eigenvalue weighted by Crippen LogP contribution is -2.33. The number of aromatic nitrogens is 1. The topological polar surface area (TPSA) is 77.5 Å². The molecular weight excluding hydrogens is 440 g/mol. The number of rotatable bonds is 6. The molecule has 0 aliphatic carbocycles. The molecule has 33 heavy (non-hydrogen) atoms. The van der Waals surface area contributed by atoms with Crippen LogP contribution in [0.25, 0.3) is 11.1 Å². The first-order valence-corrected chi connectivity index (χ1v) is 11.5. The molecule has 180 valence electrons. The van der Waals surface area contributed by atoms with E-state index in [4.69, 9.17) is 26.1 Å². The number of benzene rings is 1. The van der Waals surface area contributed by atoms with Gasteiger partial charge in [-0.1, -0.05) is 51.4 Å². The predicted octanol–water partition coefficient (Wildman–Crippen LogP) is 6.36. The second-order valence-electron chi connectivity index (χ2n) is 10.2. The van der Waals surface area contributed by atoms with Crippen LogP contribution in [-0.2, 0) is 28.9 Å². The zero-order valence-corrected chi connectivity index (χ0v) is 21.6. The van der Waals surface area contributed by atoms with E-state index in [0.717, 1.165) is 16.8 Å². The van der Waals surface area contributed by atoms with Gasteiger partial charge in [0, 0.05) is 28.4 Å². The average molecular weight is 475 g/mol. The number of ether oxygens (including phenoxy) is 2. The predicted molar refractivity (Wildman–Crippen MR) is 132 cm³/mol. The average Bonchev–Trinajstić information content (AvgIpc) is 2.69. The van der Waals surface area contributed by atoms with Gasteiger partial charge in [-0.15, -0.1) is 0 Å². The van der Waals surface area contributed by atoms with Crippen LogP contribution in [0.1, 0.15) is 75.8 Å². The number of carbonyl (C=O) groups is 2. The molecule has 1 aromatic heterocycles. The molecule has 7 heteroatoms.